The molecule has 2 aromatic heterocycles. The fourth-order valence-electron chi connectivity index (χ4n) is 2.15. The van der Waals surface area contributed by atoms with E-state index in [4.69, 9.17) is 11.6 Å². The summed E-state index contributed by atoms with van der Waals surface area (Å²) < 4.78 is 1.82. The summed E-state index contributed by atoms with van der Waals surface area (Å²) in [5, 5.41) is 5.01. The van der Waals surface area contributed by atoms with E-state index in [0.717, 1.165) is 5.52 Å². The Labute approximate surface area is 94.9 Å². The van der Waals surface area contributed by atoms with Crippen LogP contribution in [0.1, 0.15) is 36.5 Å². The van der Waals surface area contributed by atoms with Crippen molar-refractivity contribution < 1.29 is 0 Å². The van der Waals surface area contributed by atoms with Gasteiger partial charge in [0, 0.05) is 0 Å². The van der Waals surface area contributed by atoms with Gasteiger partial charge in [-0.1, -0.05) is 25.4 Å². The van der Waals surface area contributed by atoms with Gasteiger partial charge in [0.25, 0.3) is 0 Å². The van der Waals surface area contributed by atoms with Gasteiger partial charge in [-0.25, -0.2) is 4.52 Å². The van der Waals surface area contributed by atoms with Gasteiger partial charge in [-0.05, 0) is 42.5 Å². The quantitative estimate of drug-likeness (QED) is 0.719. The normalized spacial score (nSPS) is 11.6. The van der Waals surface area contributed by atoms with E-state index in [-0.39, 0.29) is 0 Å². The van der Waals surface area contributed by atoms with Crippen LogP contribution in [0.25, 0.3) is 5.52 Å². The average Bonchev–Trinajstić information content (AvgIpc) is 2.41. The Kier molecular flexibility index (Phi) is 2.47. The zero-order chi connectivity index (χ0) is 11.2. The first-order valence-electron chi connectivity index (χ1n) is 5.15. The second kappa shape index (κ2) is 3.53. The number of rotatable bonds is 1. The van der Waals surface area contributed by atoms with E-state index in [1.807, 2.05) is 16.8 Å². The average molecular weight is 223 g/mol. The van der Waals surface area contributed by atoms with Gasteiger partial charge in [-0.3, -0.25) is 0 Å². The predicted octanol–water partition coefficient (Wildman–Crippen LogP) is 3.73. The molecule has 0 fully saturated rings. The first-order chi connectivity index (χ1) is 7.02. The molecule has 0 spiro atoms. The minimum atomic E-state index is 0.486. The molecule has 2 rings (SSSR count). The largest absolute Gasteiger partial charge is 0.222 e. The molecule has 0 amide bonds. The number of nitrogens with zero attached hydrogens (tertiary/aromatic N) is 2. The van der Waals surface area contributed by atoms with Gasteiger partial charge in [0.15, 0.2) is 0 Å². The van der Waals surface area contributed by atoms with E-state index in [1.54, 1.807) is 0 Å². The van der Waals surface area contributed by atoms with E-state index in [0.29, 0.717) is 11.1 Å². The van der Waals surface area contributed by atoms with E-state index in [9.17, 15) is 0 Å². The molecule has 0 unspecified atom stereocenters. The molecule has 0 saturated carbocycles. The molecule has 0 atom stereocenters. The molecular weight excluding hydrogens is 208 g/mol. The molecule has 3 heteroatoms. The summed E-state index contributed by atoms with van der Waals surface area (Å²) in [6, 6.07) is 1.97. The van der Waals surface area contributed by atoms with Crippen molar-refractivity contribution in [2.45, 2.75) is 33.6 Å². The molecule has 0 aliphatic carbocycles. The van der Waals surface area contributed by atoms with Crippen molar-refractivity contribution in [3.8, 4) is 0 Å². The monoisotopic (exact) mass is 222 g/mol. The van der Waals surface area contributed by atoms with Gasteiger partial charge < -0.3 is 0 Å². The third-order valence-corrected chi connectivity index (χ3v) is 3.02. The molecular formula is C12H15ClN2. The fourth-order valence-corrected chi connectivity index (χ4v) is 2.44. The lowest BCUT2D eigenvalue weighted by Gasteiger charge is -2.12. The lowest BCUT2D eigenvalue weighted by molar-refractivity contribution is 0.827. The molecule has 2 aromatic rings. The van der Waals surface area contributed by atoms with Gasteiger partial charge in [0.1, 0.15) is 5.15 Å². The van der Waals surface area contributed by atoms with Crippen molar-refractivity contribution >= 4 is 17.1 Å². The first kappa shape index (κ1) is 10.5. The number of aryl methyl sites for hydroxylation is 2. The topological polar surface area (TPSA) is 17.3 Å². The number of fused-ring (bicyclic) bond motifs is 1. The second-order valence-electron chi connectivity index (χ2n) is 4.31. The zero-order valence-electron chi connectivity index (χ0n) is 9.50. The maximum atomic E-state index is 6.11. The molecule has 0 aliphatic heterocycles. The standard InChI is InChI=1S/C12H15ClN2/c1-7(2)11-9(4)6-14-15-10(13)5-8(3)12(11)15/h5-7H,1-4H3. The van der Waals surface area contributed by atoms with Crippen LogP contribution in [0.4, 0.5) is 0 Å². The summed E-state index contributed by atoms with van der Waals surface area (Å²) in [7, 11) is 0. The highest BCUT2D eigenvalue weighted by molar-refractivity contribution is 6.30. The van der Waals surface area contributed by atoms with Crippen LogP contribution in [0, 0.1) is 13.8 Å². The third kappa shape index (κ3) is 1.53. The molecule has 2 heterocycles. The summed E-state index contributed by atoms with van der Waals surface area (Å²) in [6.07, 6.45) is 1.88. The van der Waals surface area contributed by atoms with Crippen LogP contribution < -0.4 is 0 Å². The maximum absolute atomic E-state index is 6.11. The Morgan fingerprint density at radius 1 is 1.27 bits per heavy atom. The maximum Gasteiger partial charge on any atom is 0.131 e. The van der Waals surface area contributed by atoms with Gasteiger partial charge >= 0.3 is 0 Å². The minimum Gasteiger partial charge on any atom is -0.222 e. The first-order valence-corrected chi connectivity index (χ1v) is 5.53. The summed E-state index contributed by atoms with van der Waals surface area (Å²) in [5.74, 6) is 0.486. The molecule has 0 aliphatic rings. The van der Waals surface area contributed by atoms with Crippen LogP contribution in [0.15, 0.2) is 12.3 Å². The summed E-state index contributed by atoms with van der Waals surface area (Å²) in [6.45, 7) is 8.57. The van der Waals surface area contributed by atoms with Gasteiger partial charge in [-0.2, -0.15) is 5.10 Å². The van der Waals surface area contributed by atoms with Gasteiger partial charge in [0.2, 0.25) is 0 Å². The van der Waals surface area contributed by atoms with Crippen LogP contribution in [0.2, 0.25) is 5.15 Å². The number of hydrogen-bond donors (Lipinski definition) is 0. The molecule has 80 valence electrons. The molecule has 0 bridgehead atoms. The van der Waals surface area contributed by atoms with E-state index >= 15 is 0 Å². The Morgan fingerprint density at radius 2 is 1.93 bits per heavy atom. The number of halogens is 1. The number of hydrogen-bond acceptors (Lipinski definition) is 1. The van der Waals surface area contributed by atoms with E-state index in [2.05, 4.69) is 32.8 Å². The SMILES string of the molecule is Cc1cnn2c(Cl)cc(C)c2c1C(C)C. The highest BCUT2D eigenvalue weighted by Crippen LogP contribution is 2.29. The Balaban J connectivity index is 2.92. The third-order valence-electron chi connectivity index (χ3n) is 2.75. The van der Waals surface area contributed by atoms with Crippen molar-refractivity contribution in [1.29, 1.82) is 0 Å². The van der Waals surface area contributed by atoms with Crippen LogP contribution in [0.3, 0.4) is 0 Å². The Bertz CT molecular complexity index is 512. The predicted molar refractivity (Wildman–Crippen MR) is 63.8 cm³/mol. The summed E-state index contributed by atoms with van der Waals surface area (Å²) >= 11 is 6.11. The van der Waals surface area contributed by atoms with Crippen LogP contribution in [-0.4, -0.2) is 9.61 Å². The molecule has 0 radical (unpaired) electrons. The number of aromatic nitrogens is 2. The smallest absolute Gasteiger partial charge is 0.131 e. The van der Waals surface area contributed by atoms with Gasteiger partial charge in [0.05, 0.1) is 11.7 Å². The second-order valence-corrected chi connectivity index (χ2v) is 4.69. The lowest BCUT2D eigenvalue weighted by atomic mass is 9.98. The highest BCUT2D eigenvalue weighted by Gasteiger charge is 2.14. The van der Waals surface area contributed by atoms with Crippen LogP contribution in [0.5, 0.6) is 0 Å². The van der Waals surface area contributed by atoms with Crippen LogP contribution >= 0.6 is 11.6 Å². The lowest BCUT2D eigenvalue weighted by Crippen LogP contribution is -2.01. The Hall–Kier alpha value is -1.02. The van der Waals surface area contributed by atoms with Crippen molar-refractivity contribution in [2.75, 3.05) is 0 Å². The van der Waals surface area contributed by atoms with Crippen molar-refractivity contribution in [3.63, 3.8) is 0 Å². The van der Waals surface area contributed by atoms with Crippen molar-refractivity contribution in [1.82, 2.24) is 9.61 Å². The summed E-state index contributed by atoms with van der Waals surface area (Å²) in [5.41, 5.74) is 4.93. The zero-order valence-corrected chi connectivity index (χ0v) is 10.3. The molecule has 0 N–H and O–H groups in total. The van der Waals surface area contributed by atoms with Crippen molar-refractivity contribution in [2.24, 2.45) is 0 Å². The van der Waals surface area contributed by atoms with E-state index in [1.165, 1.54) is 16.7 Å². The van der Waals surface area contributed by atoms with E-state index < -0.39 is 0 Å². The van der Waals surface area contributed by atoms with Crippen LogP contribution in [-0.2, 0) is 0 Å². The highest BCUT2D eigenvalue weighted by atomic mass is 35.5. The molecule has 0 aromatic carbocycles. The minimum absolute atomic E-state index is 0.486. The van der Waals surface area contributed by atoms with Gasteiger partial charge in [-0.15, -0.1) is 0 Å². The van der Waals surface area contributed by atoms with Crippen molar-refractivity contribution in [3.05, 3.63) is 34.1 Å². The molecule has 15 heavy (non-hydrogen) atoms. The Morgan fingerprint density at radius 3 is 2.53 bits per heavy atom. The molecule has 2 nitrogen and oxygen atoms in total. The summed E-state index contributed by atoms with van der Waals surface area (Å²) in [4.78, 5) is 0. The molecule has 0 saturated heterocycles. The fraction of sp³-hybridized carbons (Fsp3) is 0.417.